The van der Waals surface area contributed by atoms with Crippen molar-refractivity contribution in [1.29, 1.82) is 0 Å². The van der Waals surface area contributed by atoms with Gasteiger partial charge in [0.25, 0.3) is 0 Å². The maximum atomic E-state index is 11.5. The molecule has 0 aliphatic carbocycles. The molecule has 0 heterocycles. The Morgan fingerprint density at radius 2 is 1.94 bits per heavy atom. The van der Waals surface area contributed by atoms with Crippen LogP contribution in [0.25, 0.3) is 0 Å². The molecular weight excluding hydrogens is 282 g/mol. The Labute approximate surface area is 111 Å². The first-order valence-corrected chi connectivity index (χ1v) is 6.52. The molecule has 0 aliphatic heterocycles. The molecule has 4 heteroatoms. The van der Waals surface area contributed by atoms with E-state index in [2.05, 4.69) is 21.2 Å². The van der Waals surface area contributed by atoms with Crippen LogP contribution in [0.2, 0.25) is 0 Å². The van der Waals surface area contributed by atoms with Crippen LogP contribution in [0.1, 0.15) is 32.4 Å². The molecule has 0 fully saturated rings. The standard InChI is InChI=1S/C13H18BrNO2/c1-4-17-13(16)10(3)15-9(2)11-5-7-12(14)8-6-11/h5-10,15H,4H2,1-3H3. The molecule has 1 rings (SSSR count). The molecule has 3 nitrogen and oxygen atoms in total. The molecule has 94 valence electrons. The lowest BCUT2D eigenvalue weighted by atomic mass is 10.1. The SMILES string of the molecule is CCOC(=O)C(C)NC(C)c1ccc(Br)cc1. The summed E-state index contributed by atoms with van der Waals surface area (Å²) in [5.41, 5.74) is 1.14. The summed E-state index contributed by atoms with van der Waals surface area (Å²) in [7, 11) is 0. The second-order valence-corrected chi connectivity index (χ2v) is 4.83. The topological polar surface area (TPSA) is 38.3 Å². The molecular formula is C13H18BrNO2. The third kappa shape index (κ3) is 4.48. The van der Waals surface area contributed by atoms with Crippen LogP contribution in [0.5, 0.6) is 0 Å². The quantitative estimate of drug-likeness (QED) is 0.849. The fraction of sp³-hybridized carbons (Fsp3) is 0.462. The first-order valence-electron chi connectivity index (χ1n) is 5.72. The molecule has 0 saturated heterocycles. The van der Waals surface area contributed by atoms with E-state index in [1.165, 1.54) is 0 Å². The van der Waals surface area contributed by atoms with Crippen molar-refractivity contribution >= 4 is 21.9 Å². The van der Waals surface area contributed by atoms with E-state index in [9.17, 15) is 4.79 Å². The molecule has 1 aromatic rings. The zero-order valence-corrected chi connectivity index (χ0v) is 12.0. The first kappa shape index (κ1) is 14.2. The summed E-state index contributed by atoms with van der Waals surface area (Å²) in [5, 5.41) is 3.21. The van der Waals surface area contributed by atoms with Crippen LogP contribution in [0.15, 0.2) is 28.7 Å². The smallest absolute Gasteiger partial charge is 0.322 e. The number of carbonyl (C=O) groups is 1. The van der Waals surface area contributed by atoms with Crippen molar-refractivity contribution in [3.05, 3.63) is 34.3 Å². The summed E-state index contributed by atoms with van der Waals surface area (Å²) >= 11 is 3.39. The maximum absolute atomic E-state index is 11.5. The predicted octanol–water partition coefficient (Wildman–Crippen LogP) is 3.05. The van der Waals surface area contributed by atoms with Crippen molar-refractivity contribution in [2.75, 3.05) is 6.61 Å². The number of hydrogen-bond acceptors (Lipinski definition) is 3. The highest BCUT2D eigenvalue weighted by Crippen LogP contribution is 2.17. The fourth-order valence-corrected chi connectivity index (χ4v) is 1.82. The minimum atomic E-state index is -0.298. The molecule has 0 aliphatic rings. The molecule has 0 amide bonds. The van der Waals surface area contributed by atoms with Crippen LogP contribution in [0.3, 0.4) is 0 Å². The highest BCUT2D eigenvalue weighted by Gasteiger charge is 2.16. The third-order valence-electron chi connectivity index (χ3n) is 2.51. The minimum Gasteiger partial charge on any atom is -0.465 e. The lowest BCUT2D eigenvalue weighted by Crippen LogP contribution is -2.37. The largest absolute Gasteiger partial charge is 0.465 e. The van der Waals surface area contributed by atoms with Gasteiger partial charge in [0.15, 0.2) is 0 Å². The van der Waals surface area contributed by atoms with Crippen LogP contribution in [0.4, 0.5) is 0 Å². The molecule has 0 aromatic heterocycles. The second kappa shape index (κ2) is 6.77. The molecule has 0 spiro atoms. The number of carbonyl (C=O) groups excluding carboxylic acids is 1. The Balaban J connectivity index is 2.56. The van der Waals surface area contributed by atoms with Gasteiger partial charge in [-0.25, -0.2) is 0 Å². The zero-order valence-electron chi connectivity index (χ0n) is 10.4. The van der Waals surface area contributed by atoms with Gasteiger partial charge >= 0.3 is 5.97 Å². The Morgan fingerprint density at radius 3 is 2.47 bits per heavy atom. The van der Waals surface area contributed by atoms with Crippen LogP contribution < -0.4 is 5.32 Å². The summed E-state index contributed by atoms with van der Waals surface area (Å²) < 4.78 is 6.00. The van der Waals surface area contributed by atoms with Gasteiger partial charge in [0, 0.05) is 10.5 Å². The Kier molecular flexibility index (Phi) is 5.65. The van der Waals surface area contributed by atoms with E-state index in [0.717, 1.165) is 10.0 Å². The summed E-state index contributed by atoms with van der Waals surface area (Å²) in [4.78, 5) is 11.5. The van der Waals surface area contributed by atoms with Gasteiger partial charge in [-0.15, -0.1) is 0 Å². The number of esters is 1. The number of rotatable bonds is 5. The van der Waals surface area contributed by atoms with Crippen molar-refractivity contribution in [2.45, 2.75) is 32.9 Å². The van der Waals surface area contributed by atoms with E-state index in [1.54, 1.807) is 0 Å². The summed E-state index contributed by atoms with van der Waals surface area (Å²) in [6.45, 7) is 6.06. The number of nitrogens with one attached hydrogen (secondary N) is 1. The molecule has 0 saturated carbocycles. The lowest BCUT2D eigenvalue weighted by molar-refractivity contribution is -0.145. The van der Waals surface area contributed by atoms with E-state index in [0.29, 0.717) is 6.61 Å². The first-order chi connectivity index (χ1) is 8.04. The van der Waals surface area contributed by atoms with Gasteiger partial charge in [-0.1, -0.05) is 28.1 Å². The van der Waals surface area contributed by atoms with E-state index in [1.807, 2.05) is 45.0 Å². The number of halogens is 1. The second-order valence-electron chi connectivity index (χ2n) is 3.91. The van der Waals surface area contributed by atoms with Crippen molar-refractivity contribution in [1.82, 2.24) is 5.32 Å². The number of benzene rings is 1. The van der Waals surface area contributed by atoms with Crippen LogP contribution in [-0.4, -0.2) is 18.6 Å². The van der Waals surface area contributed by atoms with E-state index >= 15 is 0 Å². The van der Waals surface area contributed by atoms with Gasteiger partial charge < -0.3 is 4.74 Å². The minimum absolute atomic E-state index is 0.113. The van der Waals surface area contributed by atoms with Crippen LogP contribution >= 0.6 is 15.9 Å². The average Bonchev–Trinajstić information content (AvgIpc) is 2.30. The number of hydrogen-bond donors (Lipinski definition) is 1. The van der Waals surface area contributed by atoms with E-state index < -0.39 is 0 Å². The highest BCUT2D eigenvalue weighted by atomic mass is 79.9. The third-order valence-corrected chi connectivity index (χ3v) is 3.04. The lowest BCUT2D eigenvalue weighted by Gasteiger charge is -2.19. The monoisotopic (exact) mass is 299 g/mol. The van der Waals surface area contributed by atoms with Gasteiger partial charge in [-0.05, 0) is 38.5 Å². The molecule has 2 atom stereocenters. The molecule has 0 bridgehead atoms. The van der Waals surface area contributed by atoms with Gasteiger partial charge in [0.05, 0.1) is 6.61 Å². The van der Waals surface area contributed by atoms with E-state index in [-0.39, 0.29) is 18.1 Å². The molecule has 1 N–H and O–H groups in total. The fourth-order valence-electron chi connectivity index (χ4n) is 1.56. The van der Waals surface area contributed by atoms with Gasteiger partial charge in [-0.3, -0.25) is 10.1 Å². The summed E-state index contributed by atoms with van der Waals surface area (Å²) in [6, 6.07) is 7.85. The zero-order chi connectivity index (χ0) is 12.8. The van der Waals surface area contributed by atoms with Crippen molar-refractivity contribution < 1.29 is 9.53 Å². The Morgan fingerprint density at radius 1 is 1.35 bits per heavy atom. The van der Waals surface area contributed by atoms with E-state index in [4.69, 9.17) is 4.74 Å². The summed E-state index contributed by atoms with van der Waals surface area (Å²) in [6.07, 6.45) is 0. The van der Waals surface area contributed by atoms with Crippen LogP contribution in [0, 0.1) is 0 Å². The van der Waals surface area contributed by atoms with Gasteiger partial charge in [0.2, 0.25) is 0 Å². The van der Waals surface area contributed by atoms with Crippen molar-refractivity contribution in [2.24, 2.45) is 0 Å². The molecule has 0 radical (unpaired) electrons. The Hall–Kier alpha value is -0.870. The van der Waals surface area contributed by atoms with Gasteiger partial charge in [0.1, 0.15) is 6.04 Å². The number of ether oxygens (including phenoxy) is 1. The van der Waals surface area contributed by atoms with Crippen molar-refractivity contribution in [3.63, 3.8) is 0 Å². The predicted molar refractivity (Wildman–Crippen MR) is 71.8 cm³/mol. The van der Waals surface area contributed by atoms with Gasteiger partial charge in [-0.2, -0.15) is 0 Å². The molecule has 17 heavy (non-hydrogen) atoms. The van der Waals surface area contributed by atoms with Crippen molar-refractivity contribution in [3.8, 4) is 0 Å². The summed E-state index contributed by atoms with van der Waals surface area (Å²) in [5.74, 6) is -0.212. The highest BCUT2D eigenvalue weighted by molar-refractivity contribution is 9.10. The Bertz CT molecular complexity index is 364. The molecule has 1 aromatic carbocycles. The van der Waals surface area contributed by atoms with Crippen LogP contribution in [-0.2, 0) is 9.53 Å². The maximum Gasteiger partial charge on any atom is 0.322 e. The normalized spacial score (nSPS) is 14.1. The molecule has 2 unspecified atom stereocenters. The average molecular weight is 300 g/mol.